The first-order valence-corrected chi connectivity index (χ1v) is 15.2. The number of carbonyl (C=O) groups is 1. The van der Waals surface area contributed by atoms with Gasteiger partial charge in [0, 0.05) is 43.3 Å². The van der Waals surface area contributed by atoms with E-state index in [1.165, 1.54) is 6.07 Å². The van der Waals surface area contributed by atoms with Crippen LogP contribution < -0.4 is 9.64 Å². The molecule has 2 aliphatic rings. The number of carboxylic acids is 1. The normalized spacial score (nSPS) is 18.3. The van der Waals surface area contributed by atoms with Gasteiger partial charge in [0.15, 0.2) is 0 Å². The molecule has 2 aromatic carbocycles. The number of anilines is 1. The van der Waals surface area contributed by atoms with Crippen LogP contribution >= 0.6 is 0 Å². The molecule has 2 aromatic heterocycles. The summed E-state index contributed by atoms with van der Waals surface area (Å²) >= 11 is 0. The van der Waals surface area contributed by atoms with Gasteiger partial charge in [-0.2, -0.15) is 10.2 Å². The lowest BCUT2D eigenvalue weighted by Crippen LogP contribution is -2.64. The van der Waals surface area contributed by atoms with E-state index in [2.05, 4.69) is 14.4 Å². The number of hydrogen-bond acceptors (Lipinski definition) is 8. The Bertz CT molecular complexity index is 1760. The molecule has 3 heterocycles. The van der Waals surface area contributed by atoms with E-state index >= 15 is 0 Å². The Labute approximate surface area is 261 Å². The predicted octanol–water partition coefficient (Wildman–Crippen LogP) is 5.39. The quantitative estimate of drug-likeness (QED) is 0.252. The molecule has 1 saturated carbocycles. The number of fused-ring (bicyclic) bond motifs is 2. The molecule has 0 radical (unpaired) electrons. The zero-order chi connectivity index (χ0) is 31.7. The van der Waals surface area contributed by atoms with Gasteiger partial charge in [-0.3, -0.25) is 4.90 Å². The molecular weight excluding hydrogens is 575 g/mol. The minimum atomic E-state index is -0.963. The van der Waals surface area contributed by atoms with Crippen LogP contribution in [-0.4, -0.2) is 67.9 Å². The third-order valence-electron chi connectivity index (χ3n) is 8.53. The van der Waals surface area contributed by atoms with E-state index in [4.69, 9.17) is 24.7 Å². The number of piperazine rings is 1. The van der Waals surface area contributed by atoms with Crippen molar-refractivity contribution in [2.45, 2.75) is 71.0 Å². The second-order valence-electron chi connectivity index (χ2n) is 12.6. The summed E-state index contributed by atoms with van der Waals surface area (Å²) in [5.41, 5.74) is 2.16. The molecule has 1 aliphatic heterocycles. The van der Waals surface area contributed by atoms with Gasteiger partial charge in [0.2, 0.25) is 5.88 Å². The largest absolute Gasteiger partial charge is 0.478 e. The Hall–Kier alpha value is -4.53. The van der Waals surface area contributed by atoms with Gasteiger partial charge in [-0.1, -0.05) is 12.1 Å². The highest BCUT2D eigenvalue weighted by molar-refractivity contribution is 5.92. The number of imidazole rings is 1. The van der Waals surface area contributed by atoms with Gasteiger partial charge in [-0.15, -0.1) is 0 Å². The average molecular weight is 613 g/mol. The summed E-state index contributed by atoms with van der Waals surface area (Å²) in [6.07, 6.45) is 2.11. The smallest absolute Gasteiger partial charge is 0.335 e. The van der Waals surface area contributed by atoms with Gasteiger partial charge in [0.1, 0.15) is 24.1 Å². The fourth-order valence-electron chi connectivity index (χ4n) is 6.13. The summed E-state index contributed by atoms with van der Waals surface area (Å²) in [4.78, 5) is 26.2. The standard InChI is InChI=1S/C34H37FN6O4/c1-34(2,3)45-16-15-41-29-18-23(33(42)43)9-10-26(29)37-31(41)20-39-13-14-40(28-12-11-27(28)39)30-5-4-6-32(38-30)44-21-24-8-7-22(19-36)17-25(24)35/h4-10,17-18,27-28H,11-16,20-21H2,1-3H3,(H,42,43). The lowest BCUT2D eigenvalue weighted by atomic mass is 9.81. The monoisotopic (exact) mass is 612 g/mol. The molecule has 6 rings (SSSR count). The number of benzene rings is 2. The van der Waals surface area contributed by atoms with Crippen LogP contribution in [0.4, 0.5) is 10.2 Å². The number of nitriles is 1. The Morgan fingerprint density at radius 1 is 1.09 bits per heavy atom. The van der Waals surface area contributed by atoms with Crippen molar-refractivity contribution in [3.8, 4) is 11.9 Å². The Morgan fingerprint density at radius 3 is 2.62 bits per heavy atom. The van der Waals surface area contributed by atoms with Gasteiger partial charge < -0.3 is 24.0 Å². The van der Waals surface area contributed by atoms with Crippen molar-refractivity contribution in [2.75, 3.05) is 24.6 Å². The minimum Gasteiger partial charge on any atom is -0.478 e. The SMILES string of the molecule is CC(C)(C)OCCn1c(CN2CCN(c3cccc(OCc4ccc(C#N)cc4F)n3)C3CCC32)nc2ccc(C(=O)O)cc21. The first-order chi connectivity index (χ1) is 21.6. The van der Waals surface area contributed by atoms with E-state index in [1.54, 1.807) is 36.4 Å². The predicted molar refractivity (Wildman–Crippen MR) is 167 cm³/mol. The maximum atomic E-state index is 14.3. The van der Waals surface area contributed by atoms with E-state index in [0.717, 1.165) is 48.6 Å². The van der Waals surface area contributed by atoms with Crippen LogP contribution in [0.3, 0.4) is 0 Å². The highest BCUT2D eigenvalue weighted by atomic mass is 19.1. The minimum absolute atomic E-state index is 0.0174. The van der Waals surface area contributed by atoms with E-state index in [9.17, 15) is 14.3 Å². The van der Waals surface area contributed by atoms with Crippen molar-refractivity contribution in [1.82, 2.24) is 19.4 Å². The zero-order valence-electron chi connectivity index (χ0n) is 25.7. The van der Waals surface area contributed by atoms with Crippen molar-refractivity contribution in [1.29, 1.82) is 5.26 Å². The number of nitrogens with zero attached hydrogens (tertiary/aromatic N) is 6. The number of carboxylic acid groups (broad SMARTS) is 1. The molecule has 0 amide bonds. The topological polar surface area (TPSA) is 117 Å². The van der Waals surface area contributed by atoms with Gasteiger partial charge in [-0.05, 0) is 70.0 Å². The molecule has 234 valence electrons. The first kappa shape index (κ1) is 30.5. The lowest BCUT2D eigenvalue weighted by molar-refractivity contribution is -0.00720. The van der Waals surface area contributed by atoms with Crippen LogP contribution in [0, 0.1) is 17.1 Å². The second-order valence-corrected chi connectivity index (χ2v) is 12.6. The van der Waals surface area contributed by atoms with Crippen LogP contribution in [0.2, 0.25) is 0 Å². The molecule has 2 atom stereocenters. The average Bonchev–Trinajstić information content (AvgIpc) is 3.32. The highest BCUT2D eigenvalue weighted by Gasteiger charge is 2.43. The number of hydrogen-bond donors (Lipinski definition) is 1. The maximum Gasteiger partial charge on any atom is 0.335 e. The van der Waals surface area contributed by atoms with Crippen molar-refractivity contribution >= 4 is 22.8 Å². The molecule has 11 heteroatoms. The summed E-state index contributed by atoms with van der Waals surface area (Å²) in [6.45, 7) is 9.37. The number of aromatic nitrogens is 3. The van der Waals surface area contributed by atoms with E-state index < -0.39 is 11.8 Å². The summed E-state index contributed by atoms with van der Waals surface area (Å²) < 4.78 is 28.3. The fourth-order valence-corrected chi connectivity index (χ4v) is 6.13. The molecule has 45 heavy (non-hydrogen) atoms. The molecule has 10 nitrogen and oxygen atoms in total. The highest BCUT2D eigenvalue weighted by Crippen LogP contribution is 2.37. The molecule has 1 aliphatic carbocycles. The molecular formula is C34H37FN6O4. The lowest BCUT2D eigenvalue weighted by Gasteiger charge is -2.54. The Morgan fingerprint density at radius 2 is 1.91 bits per heavy atom. The van der Waals surface area contributed by atoms with E-state index in [0.29, 0.717) is 37.2 Å². The van der Waals surface area contributed by atoms with E-state index in [1.807, 2.05) is 39.0 Å². The van der Waals surface area contributed by atoms with Crippen molar-refractivity contribution < 1.29 is 23.8 Å². The van der Waals surface area contributed by atoms with Crippen molar-refractivity contribution in [3.05, 3.63) is 82.9 Å². The van der Waals surface area contributed by atoms with Crippen LogP contribution in [0.1, 0.15) is 60.9 Å². The van der Waals surface area contributed by atoms with Gasteiger partial charge >= 0.3 is 5.97 Å². The summed E-state index contributed by atoms with van der Waals surface area (Å²) in [6, 6.07) is 17.6. The number of rotatable bonds is 10. The Kier molecular flexibility index (Phi) is 8.44. The number of aromatic carboxylic acids is 1. The number of ether oxygens (including phenoxy) is 2. The van der Waals surface area contributed by atoms with Crippen molar-refractivity contribution in [3.63, 3.8) is 0 Å². The van der Waals surface area contributed by atoms with Crippen LogP contribution in [0.5, 0.6) is 5.88 Å². The van der Waals surface area contributed by atoms with Crippen molar-refractivity contribution in [2.24, 2.45) is 0 Å². The summed E-state index contributed by atoms with van der Waals surface area (Å²) in [5, 5.41) is 18.6. The molecule has 1 saturated heterocycles. The third kappa shape index (κ3) is 6.62. The summed E-state index contributed by atoms with van der Waals surface area (Å²) in [5.74, 6) is 0.704. The molecule has 4 aromatic rings. The van der Waals surface area contributed by atoms with Gasteiger partial charge in [0.25, 0.3) is 0 Å². The molecule has 1 N–H and O–H groups in total. The molecule has 0 spiro atoms. The van der Waals surface area contributed by atoms with E-state index in [-0.39, 0.29) is 29.4 Å². The maximum absolute atomic E-state index is 14.3. The second kappa shape index (κ2) is 12.5. The van der Waals surface area contributed by atoms with Crippen LogP contribution in [-0.2, 0) is 24.4 Å². The zero-order valence-corrected chi connectivity index (χ0v) is 25.7. The van der Waals surface area contributed by atoms with Crippen LogP contribution in [0.25, 0.3) is 11.0 Å². The van der Waals surface area contributed by atoms with Gasteiger partial charge in [0.05, 0.1) is 47.0 Å². The molecule has 2 fully saturated rings. The third-order valence-corrected chi connectivity index (χ3v) is 8.53. The summed E-state index contributed by atoms with van der Waals surface area (Å²) in [7, 11) is 0. The van der Waals surface area contributed by atoms with Gasteiger partial charge in [-0.25, -0.2) is 14.2 Å². The molecule has 0 bridgehead atoms. The molecule has 2 unspecified atom stereocenters. The Balaban J connectivity index is 1.16. The fraction of sp³-hybridized carbons (Fsp3) is 0.412. The number of halogens is 1. The van der Waals surface area contributed by atoms with Crippen LogP contribution in [0.15, 0.2) is 54.6 Å². The number of pyridine rings is 1. The first-order valence-electron chi connectivity index (χ1n) is 15.2.